The van der Waals surface area contributed by atoms with Crippen molar-refractivity contribution >= 4 is 0 Å². The van der Waals surface area contributed by atoms with Gasteiger partial charge in [-0.3, -0.25) is 4.68 Å². The van der Waals surface area contributed by atoms with Gasteiger partial charge in [-0.25, -0.2) is 4.39 Å². The Bertz CT molecular complexity index is 837. The summed E-state index contributed by atoms with van der Waals surface area (Å²) in [5.74, 6) is 0.775. The highest BCUT2D eigenvalue weighted by atomic mass is 19.1. The first-order valence-corrected chi connectivity index (χ1v) is 8.01. The summed E-state index contributed by atoms with van der Waals surface area (Å²) in [6.45, 7) is 3.43. The molecule has 0 aliphatic carbocycles. The summed E-state index contributed by atoms with van der Waals surface area (Å²) < 4.78 is 21.0. The number of nitrogens with zero attached hydrogens (tertiary/aromatic N) is 4. The number of piperidine rings is 1. The molecule has 1 aliphatic heterocycles. The molecule has 1 saturated heterocycles. The van der Waals surface area contributed by atoms with E-state index in [1.54, 1.807) is 25.3 Å². The topological polar surface area (TPSA) is 68.8 Å². The molecule has 1 aliphatic rings. The first-order chi connectivity index (χ1) is 11.7. The molecule has 1 aromatic carbocycles. The highest BCUT2D eigenvalue weighted by Crippen LogP contribution is 2.34. The minimum absolute atomic E-state index is 0.242. The van der Waals surface area contributed by atoms with Gasteiger partial charge in [0.1, 0.15) is 11.4 Å². The maximum atomic E-state index is 13.5. The highest BCUT2D eigenvalue weighted by molar-refractivity contribution is 5.55. The standard InChI is InChI=1S/C17H18FN5O/c1-12-11-13(3-4-14(12)18)15-21-16(24-22-15)17(5-8-19-9-6-17)23-10-2-7-20-23/h2-4,7,10-11,19H,5-6,8-9H2,1H3. The van der Waals surface area contributed by atoms with E-state index >= 15 is 0 Å². The SMILES string of the molecule is Cc1cc(-c2noc(C3(n4cccn4)CCNCC3)n2)ccc1F. The number of hydrogen-bond donors (Lipinski definition) is 1. The number of halogens is 1. The van der Waals surface area contributed by atoms with E-state index < -0.39 is 5.54 Å². The molecule has 0 radical (unpaired) electrons. The monoisotopic (exact) mass is 327 g/mol. The number of nitrogens with one attached hydrogen (secondary N) is 1. The normalized spacial score (nSPS) is 17.1. The van der Waals surface area contributed by atoms with Crippen molar-refractivity contribution in [3.63, 3.8) is 0 Å². The van der Waals surface area contributed by atoms with Crippen LogP contribution in [0.5, 0.6) is 0 Å². The van der Waals surface area contributed by atoms with Crippen molar-refractivity contribution in [3.05, 3.63) is 53.9 Å². The van der Waals surface area contributed by atoms with E-state index in [0.717, 1.165) is 31.5 Å². The lowest BCUT2D eigenvalue weighted by Crippen LogP contribution is -2.45. The molecule has 124 valence electrons. The van der Waals surface area contributed by atoms with Gasteiger partial charge in [0.15, 0.2) is 0 Å². The second-order valence-electron chi connectivity index (χ2n) is 6.12. The fourth-order valence-electron chi connectivity index (χ4n) is 3.22. The molecule has 4 rings (SSSR count). The molecule has 6 nitrogen and oxygen atoms in total. The summed E-state index contributed by atoms with van der Waals surface area (Å²) in [5, 5.41) is 11.9. The third kappa shape index (κ3) is 2.41. The Labute approximate surface area is 138 Å². The summed E-state index contributed by atoms with van der Waals surface area (Å²) >= 11 is 0. The molecule has 3 heterocycles. The van der Waals surface area contributed by atoms with E-state index in [1.165, 1.54) is 6.07 Å². The number of benzene rings is 1. The van der Waals surface area contributed by atoms with Crippen LogP contribution >= 0.6 is 0 Å². The Morgan fingerprint density at radius 3 is 2.83 bits per heavy atom. The van der Waals surface area contributed by atoms with Gasteiger partial charge in [0, 0.05) is 18.0 Å². The highest BCUT2D eigenvalue weighted by Gasteiger charge is 2.41. The summed E-state index contributed by atoms with van der Waals surface area (Å²) in [5.41, 5.74) is 0.866. The molecule has 0 unspecified atom stereocenters. The molecule has 0 bridgehead atoms. The van der Waals surface area contributed by atoms with E-state index in [-0.39, 0.29) is 5.82 Å². The molecule has 7 heteroatoms. The molecule has 2 aromatic heterocycles. The van der Waals surface area contributed by atoms with Gasteiger partial charge in [-0.15, -0.1) is 0 Å². The lowest BCUT2D eigenvalue weighted by molar-refractivity contribution is 0.172. The van der Waals surface area contributed by atoms with Gasteiger partial charge in [0.25, 0.3) is 5.89 Å². The van der Waals surface area contributed by atoms with Crippen LogP contribution in [0.15, 0.2) is 41.2 Å². The second kappa shape index (κ2) is 5.83. The first-order valence-electron chi connectivity index (χ1n) is 8.01. The third-order valence-electron chi connectivity index (χ3n) is 4.61. The molecule has 1 N–H and O–H groups in total. The summed E-state index contributed by atoms with van der Waals surface area (Å²) in [6, 6.07) is 6.71. The van der Waals surface area contributed by atoms with Crippen LogP contribution in [0, 0.1) is 12.7 Å². The second-order valence-corrected chi connectivity index (χ2v) is 6.12. The van der Waals surface area contributed by atoms with Crippen molar-refractivity contribution in [3.8, 4) is 11.4 Å². The zero-order valence-electron chi connectivity index (χ0n) is 13.4. The van der Waals surface area contributed by atoms with Gasteiger partial charge in [-0.1, -0.05) is 5.16 Å². The summed E-state index contributed by atoms with van der Waals surface area (Å²) in [4.78, 5) is 4.61. The van der Waals surface area contributed by atoms with Crippen molar-refractivity contribution in [2.45, 2.75) is 25.3 Å². The fourth-order valence-corrected chi connectivity index (χ4v) is 3.22. The summed E-state index contributed by atoms with van der Waals surface area (Å²) in [6.07, 6.45) is 5.32. The van der Waals surface area contributed by atoms with E-state index in [9.17, 15) is 4.39 Å². The van der Waals surface area contributed by atoms with Crippen LogP contribution in [0.4, 0.5) is 4.39 Å². The lowest BCUT2D eigenvalue weighted by Gasteiger charge is -2.34. The van der Waals surface area contributed by atoms with Gasteiger partial charge in [-0.2, -0.15) is 10.1 Å². The number of hydrogen-bond acceptors (Lipinski definition) is 5. The molecular weight excluding hydrogens is 309 g/mol. The third-order valence-corrected chi connectivity index (χ3v) is 4.61. The van der Waals surface area contributed by atoms with Gasteiger partial charge in [-0.05, 0) is 62.7 Å². The van der Waals surface area contributed by atoms with Crippen LogP contribution in [0.3, 0.4) is 0 Å². The first kappa shape index (κ1) is 15.0. The van der Waals surface area contributed by atoms with Gasteiger partial charge in [0.05, 0.1) is 0 Å². The Morgan fingerprint density at radius 1 is 1.29 bits per heavy atom. The maximum absolute atomic E-state index is 13.5. The Balaban J connectivity index is 1.75. The molecule has 0 amide bonds. The lowest BCUT2D eigenvalue weighted by atomic mass is 9.88. The van der Waals surface area contributed by atoms with Crippen LogP contribution in [0.25, 0.3) is 11.4 Å². The minimum Gasteiger partial charge on any atom is -0.336 e. The van der Waals surface area contributed by atoms with Crippen molar-refractivity contribution in [1.82, 2.24) is 25.2 Å². The fraction of sp³-hybridized carbons (Fsp3) is 0.353. The van der Waals surface area contributed by atoms with Crippen molar-refractivity contribution in [2.75, 3.05) is 13.1 Å². The number of rotatable bonds is 3. The van der Waals surface area contributed by atoms with E-state index in [0.29, 0.717) is 17.3 Å². The minimum atomic E-state index is -0.435. The smallest absolute Gasteiger partial charge is 0.255 e. The number of aryl methyl sites for hydroxylation is 1. The molecule has 24 heavy (non-hydrogen) atoms. The molecule has 3 aromatic rings. The van der Waals surface area contributed by atoms with Gasteiger partial charge >= 0.3 is 0 Å². The average Bonchev–Trinajstić information content (AvgIpc) is 3.30. The Hall–Kier alpha value is -2.54. The maximum Gasteiger partial charge on any atom is 0.255 e. The molecule has 1 fully saturated rings. The molecule has 0 saturated carbocycles. The van der Waals surface area contributed by atoms with E-state index in [2.05, 4.69) is 20.6 Å². The predicted molar refractivity (Wildman–Crippen MR) is 85.8 cm³/mol. The largest absolute Gasteiger partial charge is 0.336 e. The van der Waals surface area contributed by atoms with Crippen molar-refractivity contribution in [2.24, 2.45) is 0 Å². The van der Waals surface area contributed by atoms with Gasteiger partial charge in [0.2, 0.25) is 5.82 Å². The van der Waals surface area contributed by atoms with Crippen LogP contribution in [-0.2, 0) is 5.54 Å². The average molecular weight is 327 g/mol. The predicted octanol–water partition coefficient (Wildman–Crippen LogP) is 2.51. The zero-order valence-corrected chi connectivity index (χ0v) is 13.4. The summed E-state index contributed by atoms with van der Waals surface area (Å²) in [7, 11) is 0. The van der Waals surface area contributed by atoms with E-state index in [4.69, 9.17) is 4.52 Å². The zero-order chi connectivity index (χ0) is 16.6. The van der Waals surface area contributed by atoms with Crippen LogP contribution in [0.1, 0.15) is 24.3 Å². The van der Waals surface area contributed by atoms with E-state index in [1.807, 2.05) is 16.9 Å². The van der Waals surface area contributed by atoms with Crippen LogP contribution < -0.4 is 5.32 Å². The quantitative estimate of drug-likeness (QED) is 0.800. The Morgan fingerprint density at radius 2 is 2.12 bits per heavy atom. The van der Waals surface area contributed by atoms with Crippen LogP contribution in [-0.4, -0.2) is 33.0 Å². The van der Waals surface area contributed by atoms with Crippen molar-refractivity contribution in [1.29, 1.82) is 0 Å². The van der Waals surface area contributed by atoms with Crippen molar-refractivity contribution < 1.29 is 8.91 Å². The molecule has 0 atom stereocenters. The van der Waals surface area contributed by atoms with Gasteiger partial charge < -0.3 is 9.84 Å². The number of aromatic nitrogens is 4. The molecule has 0 spiro atoms. The molecular formula is C17H18FN5O. The van der Waals surface area contributed by atoms with Crippen LogP contribution in [0.2, 0.25) is 0 Å². The Kier molecular flexibility index (Phi) is 3.65.